The fraction of sp³-hybridized carbons (Fsp3) is 0.692. The summed E-state index contributed by atoms with van der Waals surface area (Å²) < 4.78 is 4.78. The van der Waals surface area contributed by atoms with Crippen LogP contribution >= 0.6 is 0 Å². The van der Waals surface area contributed by atoms with Crippen molar-refractivity contribution in [2.24, 2.45) is 17.8 Å². The van der Waals surface area contributed by atoms with Crippen molar-refractivity contribution < 1.29 is 19.4 Å². The summed E-state index contributed by atoms with van der Waals surface area (Å²) in [6.45, 7) is 3.53. The van der Waals surface area contributed by atoms with E-state index >= 15 is 0 Å². The van der Waals surface area contributed by atoms with Crippen LogP contribution in [0.4, 0.5) is 4.79 Å². The van der Waals surface area contributed by atoms with Crippen molar-refractivity contribution in [3.05, 3.63) is 12.7 Å². The summed E-state index contributed by atoms with van der Waals surface area (Å²) in [5, 5.41) is 11.7. The van der Waals surface area contributed by atoms with Crippen LogP contribution in [0.15, 0.2) is 12.7 Å². The average Bonchev–Trinajstić information content (AvgIpc) is 2.95. The van der Waals surface area contributed by atoms with Gasteiger partial charge in [0.2, 0.25) is 0 Å². The molecule has 2 aliphatic carbocycles. The number of hydrogen-bond acceptors (Lipinski definition) is 3. The lowest BCUT2D eigenvalue weighted by atomic mass is 9.83. The zero-order valence-corrected chi connectivity index (χ0v) is 10.3. The highest BCUT2D eigenvalue weighted by atomic mass is 16.5. The van der Waals surface area contributed by atoms with Gasteiger partial charge in [-0.1, -0.05) is 19.1 Å². The number of fused-ring (bicyclic) bond motifs is 2. The molecule has 100 valence electrons. The van der Waals surface area contributed by atoms with Crippen LogP contribution in [0, 0.1) is 17.8 Å². The number of amides is 1. The molecule has 4 atom stereocenters. The van der Waals surface area contributed by atoms with Crippen LogP contribution in [0.3, 0.4) is 0 Å². The number of nitrogens with one attached hydrogen (secondary N) is 1. The van der Waals surface area contributed by atoms with Gasteiger partial charge < -0.3 is 15.2 Å². The molecule has 2 bridgehead atoms. The number of ether oxygens (including phenoxy) is 1. The number of hydrogen-bond donors (Lipinski definition) is 2. The summed E-state index contributed by atoms with van der Waals surface area (Å²) in [7, 11) is 0. The molecule has 2 rings (SSSR count). The first-order valence-corrected chi connectivity index (χ1v) is 6.38. The molecule has 2 aliphatic rings. The molecule has 0 saturated heterocycles. The lowest BCUT2D eigenvalue weighted by Gasteiger charge is -2.27. The molecule has 0 aliphatic heterocycles. The maximum absolute atomic E-state index is 11.4. The molecular weight excluding hydrogens is 234 g/mol. The van der Waals surface area contributed by atoms with E-state index in [-0.39, 0.29) is 12.5 Å². The maximum atomic E-state index is 11.4. The number of carbonyl (C=O) groups excluding carboxylic acids is 1. The molecule has 0 aromatic carbocycles. The molecule has 0 heterocycles. The summed E-state index contributed by atoms with van der Waals surface area (Å²) in [5.74, 6) is 0.171. The monoisotopic (exact) mass is 253 g/mol. The second kappa shape index (κ2) is 5.42. The smallest absolute Gasteiger partial charge is 0.408 e. The third kappa shape index (κ3) is 2.66. The van der Waals surface area contributed by atoms with Crippen LogP contribution < -0.4 is 5.32 Å². The molecule has 0 spiro atoms. The van der Waals surface area contributed by atoms with Crippen LogP contribution in [0.5, 0.6) is 0 Å². The molecule has 18 heavy (non-hydrogen) atoms. The van der Waals surface area contributed by atoms with E-state index in [4.69, 9.17) is 4.74 Å². The molecular formula is C13H19NO4. The Morgan fingerprint density at radius 1 is 1.44 bits per heavy atom. The van der Waals surface area contributed by atoms with Crippen molar-refractivity contribution in [3.63, 3.8) is 0 Å². The van der Waals surface area contributed by atoms with Crippen molar-refractivity contribution in [2.75, 3.05) is 6.61 Å². The number of carbonyl (C=O) groups is 2. The highest BCUT2D eigenvalue weighted by Gasteiger charge is 2.46. The largest absolute Gasteiger partial charge is 0.480 e. The Balaban J connectivity index is 1.94. The SMILES string of the molecule is C=CCOC(=O)NC(C(=O)O)C1CC2CCC1C2. The quantitative estimate of drug-likeness (QED) is 0.732. The van der Waals surface area contributed by atoms with Crippen LogP contribution in [0.1, 0.15) is 25.7 Å². The summed E-state index contributed by atoms with van der Waals surface area (Å²) >= 11 is 0. The number of carboxylic acid groups (broad SMARTS) is 1. The number of rotatable bonds is 5. The van der Waals surface area contributed by atoms with Crippen LogP contribution in [0.2, 0.25) is 0 Å². The van der Waals surface area contributed by atoms with Gasteiger partial charge >= 0.3 is 12.1 Å². The van der Waals surface area contributed by atoms with Gasteiger partial charge in [0.15, 0.2) is 0 Å². The van der Waals surface area contributed by atoms with Gasteiger partial charge in [0.1, 0.15) is 12.6 Å². The molecule has 5 heteroatoms. The maximum Gasteiger partial charge on any atom is 0.408 e. The predicted molar refractivity (Wildman–Crippen MR) is 65.0 cm³/mol. The Hall–Kier alpha value is -1.52. The fourth-order valence-electron chi connectivity index (χ4n) is 3.36. The van der Waals surface area contributed by atoms with Crippen molar-refractivity contribution >= 4 is 12.1 Å². The molecule has 1 amide bonds. The Labute approximate surface area is 106 Å². The van der Waals surface area contributed by atoms with E-state index in [1.54, 1.807) is 0 Å². The minimum atomic E-state index is -0.969. The molecule has 0 aromatic rings. The molecule has 4 unspecified atom stereocenters. The molecule has 2 saturated carbocycles. The van der Waals surface area contributed by atoms with Gasteiger partial charge in [-0.25, -0.2) is 9.59 Å². The Bertz CT molecular complexity index is 355. The molecule has 2 fully saturated rings. The molecule has 0 radical (unpaired) electrons. The normalized spacial score (nSPS) is 30.8. The lowest BCUT2D eigenvalue weighted by Crippen LogP contribution is -2.47. The highest BCUT2D eigenvalue weighted by molar-refractivity contribution is 5.80. The number of alkyl carbamates (subject to hydrolysis) is 1. The van der Waals surface area contributed by atoms with Gasteiger partial charge in [-0.15, -0.1) is 0 Å². The van der Waals surface area contributed by atoms with Crippen LogP contribution in [0.25, 0.3) is 0 Å². The minimum Gasteiger partial charge on any atom is -0.480 e. The molecule has 0 aromatic heterocycles. The topological polar surface area (TPSA) is 75.6 Å². The summed E-state index contributed by atoms with van der Waals surface area (Å²) in [4.78, 5) is 22.7. The molecule has 2 N–H and O–H groups in total. The van der Waals surface area contributed by atoms with E-state index in [1.165, 1.54) is 12.5 Å². The Morgan fingerprint density at radius 3 is 2.72 bits per heavy atom. The second-order valence-corrected chi connectivity index (χ2v) is 5.19. The van der Waals surface area contributed by atoms with E-state index in [1.807, 2.05) is 0 Å². The van der Waals surface area contributed by atoms with Gasteiger partial charge in [0.25, 0.3) is 0 Å². The number of aliphatic carboxylic acids is 1. The fourth-order valence-corrected chi connectivity index (χ4v) is 3.36. The van der Waals surface area contributed by atoms with E-state index in [9.17, 15) is 14.7 Å². The zero-order valence-electron chi connectivity index (χ0n) is 10.3. The van der Waals surface area contributed by atoms with Crippen LogP contribution in [-0.2, 0) is 9.53 Å². The summed E-state index contributed by atoms with van der Waals surface area (Å²) in [5.41, 5.74) is 0. The Morgan fingerprint density at radius 2 is 2.22 bits per heavy atom. The van der Waals surface area contributed by atoms with Gasteiger partial charge in [-0.3, -0.25) is 0 Å². The second-order valence-electron chi connectivity index (χ2n) is 5.19. The first-order chi connectivity index (χ1) is 8.61. The van der Waals surface area contributed by atoms with E-state index in [0.717, 1.165) is 19.3 Å². The van der Waals surface area contributed by atoms with Gasteiger partial charge in [0, 0.05) is 0 Å². The van der Waals surface area contributed by atoms with Gasteiger partial charge in [-0.2, -0.15) is 0 Å². The van der Waals surface area contributed by atoms with E-state index in [0.29, 0.717) is 11.8 Å². The van der Waals surface area contributed by atoms with Crippen molar-refractivity contribution in [3.8, 4) is 0 Å². The van der Waals surface area contributed by atoms with Crippen LogP contribution in [-0.4, -0.2) is 29.8 Å². The van der Waals surface area contributed by atoms with Crippen molar-refractivity contribution in [1.82, 2.24) is 5.32 Å². The van der Waals surface area contributed by atoms with Crippen molar-refractivity contribution in [1.29, 1.82) is 0 Å². The third-order valence-electron chi connectivity index (χ3n) is 4.09. The number of carboxylic acids is 1. The molecule has 5 nitrogen and oxygen atoms in total. The van der Waals surface area contributed by atoms with E-state index in [2.05, 4.69) is 11.9 Å². The zero-order chi connectivity index (χ0) is 13.1. The van der Waals surface area contributed by atoms with Gasteiger partial charge in [-0.05, 0) is 37.0 Å². The first kappa shape index (κ1) is 12.9. The summed E-state index contributed by atoms with van der Waals surface area (Å²) in [6.07, 6.45) is 5.08. The standard InChI is InChI=1S/C13H19NO4/c1-2-5-18-13(17)14-11(12(15)16)10-7-8-3-4-9(10)6-8/h2,8-11H,1,3-7H2,(H,14,17)(H,15,16). The average molecular weight is 253 g/mol. The predicted octanol–water partition coefficient (Wildman–Crippen LogP) is 1.79. The van der Waals surface area contributed by atoms with Crippen molar-refractivity contribution in [2.45, 2.75) is 31.7 Å². The van der Waals surface area contributed by atoms with E-state index < -0.39 is 18.1 Å². The minimum absolute atomic E-state index is 0.0533. The van der Waals surface area contributed by atoms with Gasteiger partial charge in [0.05, 0.1) is 0 Å². The lowest BCUT2D eigenvalue weighted by molar-refractivity contribution is -0.141. The summed E-state index contributed by atoms with van der Waals surface area (Å²) in [6, 6.07) is -0.822. The third-order valence-corrected chi connectivity index (χ3v) is 4.09. The first-order valence-electron chi connectivity index (χ1n) is 6.38. The Kier molecular flexibility index (Phi) is 3.89. The highest BCUT2D eigenvalue weighted by Crippen LogP contribution is 2.49.